The summed E-state index contributed by atoms with van der Waals surface area (Å²) in [6.45, 7) is 3.49. The average Bonchev–Trinajstić information content (AvgIpc) is 2.80. The number of methoxy groups -OCH3 is 3. The van der Waals surface area contributed by atoms with Crippen LogP contribution in [-0.4, -0.2) is 44.9 Å². The van der Waals surface area contributed by atoms with E-state index in [1.165, 1.54) is 0 Å². The van der Waals surface area contributed by atoms with Gasteiger partial charge in [0.05, 0.1) is 27.9 Å². The Bertz CT molecular complexity index is 474. The Morgan fingerprint density at radius 2 is 1.62 bits per heavy atom. The highest BCUT2D eigenvalue weighted by atomic mass is 16.8. The van der Waals surface area contributed by atoms with E-state index in [1.54, 1.807) is 33.5 Å². The fourth-order valence-electron chi connectivity index (χ4n) is 2.52. The van der Waals surface area contributed by atoms with Gasteiger partial charge in [-0.15, -0.1) is 0 Å². The minimum Gasteiger partial charge on any atom is -0.493 e. The second-order valence-electron chi connectivity index (χ2n) is 5.24. The van der Waals surface area contributed by atoms with Crippen LogP contribution in [0, 0.1) is 0 Å². The number of benzene rings is 1. The van der Waals surface area contributed by atoms with Crippen LogP contribution >= 0.6 is 0 Å². The fourth-order valence-corrected chi connectivity index (χ4v) is 2.52. The first kappa shape index (κ1) is 15.9. The normalized spacial score (nSPS) is 23.9. The SMILES string of the molecule is COc1cc(C2OC(C)(C)OC2CO)cc(OC)c1OC. The van der Waals surface area contributed by atoms with Gasteiger partial charge in [-0.05, 0) is 31.5 Å². The van der Waals surface area contributed by atoms with Crippen LogP contribution in [0.25, 0.3) is 0 Å². The summed E-state index contributed by atoms with van der Waals surface area (Å²) in [6, 6.07) is 3.61. The third-order valence-electron chi connectivity index (χ3n) is 3.38. The molecule has 1 N–H and O–H groups in total. The lowest BCUT2D eigenvalue weighted by Crippen LogP contribution is -2.23. The molecule has 0 radical (unpaired) electrons. The molecule has 21 heavy (non-hydrogen) atoms. The number of aliphatic hydroxyl groups excluding tert-OH is 1. The van der Waals surface area contributed by atoms with Gasteiger partial charge in [0, 0.05) is 0 Å². The molecule has 1 aromatic rings. The Labute approximate surface area is 124 Å². The molecule has 1 aromatic carbocycles. The smallest absolute Gasteiger partial charge is 0.203 e. The van der Waals surface area contributed by atoms with Crippen molar-refractivity contribution in [2.75, 3.05) is 27.9 Å². The van der Waals surface area contributed by atoms with Gasteiger partial charge in [0.1, 0.15) is 12.2 Å². The molecule has 2 unspecified atom stereocenters. The van der Waals surface area contributed by atoms with Crippen molar-refractivity contribution in [2.24, 2.45) is 0 Å². The van der Waals surface area contributed by atoms with E-state index >= 15 is 0 Å². The van der Waals surface area contributed by atoms with Gasteiger partial charge in [0.25, 0.3) is 0 Å². The molecule has 1 fully saturated rings. The molecule has 1 aliphatic rings. The third kappa shape index (κ3) is 3.07. The topological polar surface area (TPSA) is 66.4 Å². The van der Waals surface area contributed by atoms with Crippen LogP contribution < -0.4 is 14.2 Å². The van der Waals surface area contributed by atoms with Gasteiger partial charge < -0.3 is 28.8 Å². The maximum Gasteiger partial charge on any atom is 0.203 e. The third-order valence-corrected chi connectivity index (χ3v) is 3.38. The molecule has 0 amide bonds. The molecule has 6 nitrogen and oxygen atoms in total. The van der Waals surface area contributed by atoms with Crippen molar-refractivity contribution in [3.05, 3.63) is 17.7 Å². The summed E-state index contributed by atoms with van der Waals surface area (Å²) >= 11 is 0. The molecular formula is C15H22O6. The number of ether oxygens (including phenoxy) is 5. The van der Waals surface area contributed by atoms with Crippen LogP contribution in [0.2, 0.25) is 0 Å². The van der Waals surface area contributed by atoms with Crippen LogP contribution in [0.5, 0.6) is 17.2 Å². The summed E-state index contributed by atoms with van der Waals surface area (Å²) in [6.07, 6.45) is -0.846. The molecule has 0 aromatic heterocycles. The van der Waals surface area contributed by atoms with Crippen molar-refractivity contribution in [1.82, 2.24) is 0 Å². The molecule has 0 aliphatic carbocycles. The van der Waals surface area contributed by atoms with Crippen molar-refractivity contribution in [3.8, 4) is 17.2 Å². The lowest BCUT2D eigenvalue weighted by Gasteiger charge is -2.19. The van der Waals surface area contributed by atoms with Gasteiger partial charge in [0.2, 0.25) is 5.75 Å². The van der Waals surface area contributed by atoms with Crippen molar-refractivity contribution in [1.29, 1.82) is 0 Å². The van der Waals surface area contributed by atoms with Crippen LogP contribution in [-0.2, 0) is 9.47 Å². The maximum absolute atomic E-state index is 9.49. The first-order valence-electron chi connectivity index (χ1n) is 6.72. The van der Waals surface area contributed by atoms with E-state index < -0.39 is 18.0 Å². The monoisotopic (exact) mass is 298 g/mol. The molecule has 2 atom stereocenters. The Morgan fingerprint density at radius 1 is 1.05 bits per heavy atom. The zero-order valence-electron chi connectivity index (χ0n) is 13.0. The Morgan fingerprint density at radius 3 is 2.05 bits per heavy atom. The predicted molar refractivity (Wildman–Crippen MR) is 76.0 cm³/mol. The molecule has 2 rings (SSSR count). The Balaban J connectivity index is 2.44. The molecule has 0 saturated carbocycles. The Hall–Kier alpha value is -1.50. The van der Waals surface area contributed by atoms with Gasteiger partial charge in [-0.1, -0.05) is 0 Å². The summed E-state index contributed by atoms with van der Waals surface area (Å²) in [5, 5.41) is 9.49. The zero-order chi connectivity index (χ0) is 15.6. The quantitative estimate of drug-likeness (QED) is 0.895. The van der Waals surface area contributed by atoms with Crippen molar-refractivity contribution < 1.29 is 28.8 Å². The first-order valence-corrected chi connectivity index (χ1v) is 6.72. The van der Waals surface area contributed by atoms with E-state index in [0.29, 0.717) is 17.2 Å². The maximum atomic E-state index is 9.49. The predicted octanol–water partition coefficient (Wildman–Crippen LogP) is 1.90. The van der Waals surface area contributed by atoms with Gasteiger partial charge in [-0.2, -0.15) is 0 Å². The Kier molecular flexibility index (Phi) is 4.61. The highest BCUT2D eigenvalue weighted by Gasteiger charge is 2.42. The standard InChI is InChI=1S/C15H22O6/c1-15(2)20-12(8-16)13(21-15)9-6-10(17-3)14(19-5)11(7-9)18-4/h6-7,12-13,16H,8H2,1-5H3. The van der Waals surface area contributed by atoms with Crippen LogP contribution in [0.15, 0.2) is 12.1 Å². The van der Waals surface area contributed by atoms with Crippen molar-refractivity contribution in [2.45, 2.75) is 31.8 Å². The van der Waals surface area contributed by atoms with Crippen LogP contribution in [0.3, 0.4) is 0 Å². The second-order valence-corrected chi connectivity index (χ2v) is 5.24. The largest absolute Gasteiger partial charge is 0.493 e. The van der Waals surface area contributed by atoms with Gasteiger partial charge in [-0.3, -0.25) is 0 Å². The average molecular weight is 298 g/mol. The number of rotatable bonds is 5. The van der Waals surface area contributed by atoms with Crippen LogP contribution in [0.4, 0.5) is 0 Å². The van der Waals surface area contributed by atoms with E-state index in [1.807, 2.05) is 13.8 Å². The molecule has 0 bridgehead atoms. The highest BCUT2D eigenvalue weighted by Crippen LogP contribution is 2.44. The first-order chi connectivity index (χ1) is 9.95. The number of hydrogen-bond donors (Lipinski definition) is 1. The molecule has 1 saturated heterocycles. The van der Waals surface area contributed by atoms with Gasteiger partial charge >= 0.3 is 0 Å². The summed E-state index contributed by atoms with van der Waals surface area (Å²) in [5.74, 6) is 0.842. The highest BCUT2D eigenvalue weighted by molar-refractivity contribution is 5.54. The van der Waals surface area contributed by atoms with Crippen molar-refractivity contribution >= 4 is 0 Å². The minimum absolute atomic E-state index is 0.134. The minimum atomic E-state index is -0.752. The molecule has 1 aliphatic heterocycles. The number of aliphatic hydroxyl groups is 1. The summed E-state index contributed by atoms with van der Waals surface area (Å²) in [5.41, 5.74) is 0.800. The number of hydrogen-bond acceptors (Lipinski definition) is 6. The van der Waals surface area contributed by atoms with E-state index in [2.05, 4.69) is 0 Å². The molecule has 1 heterocycles. The summed E-state index contributed by atoms with van der Waals surface area (Å²) in [4.78, 5) is 0. The van der Waals surface area contributed by atoms with E-state index in [9.17, 15) is 5.11 Å². The molecular weight excluding hydrogens is 276 g/mol. The second kappa shape index (κ2) is 6.09. The molecule has 6 heteroatoms. The van der Waals surface area contributed by atoms with E-state index in [-0.39, 0.29) is 6.61 Å². The summed E-state index contributed by atoms with van der Waals surface area (Å²) < 4.78 is 27.5. The lowest BCUT2D eigenvalue weighted by atomic mass is 10.0. The fraction of sp³-hybridized carbons (Fsp3) is 0.600. The summed E-state index contributed by atoms with van der Waals surface area (Å²) in [7, 11) is 4.66. The van der Waals surface area contributed by atoms with Gasteiger partial charge in [-0.25, -0.2) is 0 Å². The molecule has 0 spiro atoms. The molecule has 118 valence electrons. The van der Waals surface area contributed by atoms with Crippen LogP contribution in [0.1, 0.15) is 25.5 Å². The lowest BCUT2D eigenvalue weighted by molar-refractivity contribution is -0.149. The van der Waals surface area contributed by atoms with Crippen molar-refractivity contribution in [3.63, 3.8) is 0 Å². The zero-order valence-corrected chi connectivity index (χ0v) is 13.0. The van der Waals surface area contributed by atoms with E-state index in [0.717, 1.165) is 5.56 Å². The van der Waals surface area contributed by atoms with E-state index in [4.69, 9.17) is 23.7 Å². The van der Waals surface area contributed by atoms with Gasteiger partial charge in [0.15, 0.2) is 17.3 Å².